The van der Waals surface area contributed by atoms with Gasteiger partial charge in [-0.25, -0.2) is 4.39 Å². The number of benzene rings is 2. The smallest absolute Gasteiger partial charge is 0.131 e. The Kier molecular flexibility index (Phi) is 4.51. The molecule has 0 aliphatic heterocycles. The maximum atomic E-state index is 13.7. The second-order valence-corrected chi connectivity index (χ2v) is 5.22. The topological polar surface area (TPSA) is 38.0 Å². The van der Waals surface area contributed by atoms with Crippen molar-refractivity contribution in [2.45, 2.75) is 26.4 Å². The number of nitrogens with one attached hydrogen (secondary N) is 1. The lowest BCUT2D eigenvalue weighted by molar-refractivity contribution is 0.405. The van der Waals surface area contributed by atoms with E-state index in [1.165, 1.54) is 6.07 Å². The maximum absolute atomic E-state index is 13.7. The first-order chi connectivity index (χ1) is 9.13. The Morgan fingerprint density at radius 2 is 1.79 bits per heavy atom. The zero-order valence-corrected chi connectivity index (χ0v) is 11.5. The van der Waals surface area contributed by atoms with E-state index < -0.39 is 0 Å². The molecule has 2 aromatic rings. The summed E-state index contributed by atoms with van der Waals surface area (Å²) in [6.07, 6.45) is 0. The normalized spacial score (nSPS) is 13.1. The highest BCUT2D eigenvalue weighted by atomic mass is 19.1. The average Bonchev–Trinajstić information content (AvgIpc) is 2.42. The molecule has 2 rings (SSSR count). The molecule has 0 saturated carbocycles. The van der Waals surface area contributed by atoms with E-state index in [4.69, 9.17) is 5.73 Å². The zero-order valence-electron chi connectivity index (χ0n) is 11.5. The van der Waals surface area contributed by atoms with Crippen molar-refractivity contribution in [1.29, 1.82) is 0 Å². The highest BCUT2D eigenvalue weighted by Gasteiger charge is 2.11. The van der Waals surface area contributed by atoms with Crippen LogP contribution < -0.4 is 11.1 Å². The van der Waals surface area contributed by atoms with Gasteiger partial charge in [0, 0.05) is 24.5 Å². The molecule has 102 valence electrons. The van der Waals surface area contributed by atoms with Gasteiger partial charge in [-0.15, -0.1) is 0 Å². The monoisotopic (exact) mass is 260 g/mol. The van der Waals surface area contributed by atoms with Gasteiger partial charge in [-0.05, 0) is 22.9 Å². The SMILES string of the molecule is CC(C)C(CN)NCc1ccc(F)c2ccccc12. The summed E-state index contributed by atoms with van der Waals surface area (Å²) in [5.74, 6) is 0.315. The summed E-state index contributed by atoms with van der Waals surface area (Å²) in [6.45, 7) is 5.61. The van der Waals surface area contributed by atoms with Gasteiger partial charge in [0.05, 0.1) is 0 Å². The molecule has 1 atom stereocenters. The lowest BCUT2D eigenvalue weighted by Gasteiger charge is -2.21. The largest absolute Gasteiger partial charge is 0.329 e. The highest BCUT2D eigenvalue weighted by Crippen LogP contribution is 2.21. The zero-order chi connectivity index (χ0) is 13.8. The van der Waals surface area contributed by atoms with Gasteiger partial charge in [-0.3, -0.25) is 0 Å². The van der Waals surface area contributed by atoms with Gasteiger partial charge in [0.1, 0.15) is 5.82 Å². The molecule has 19 heavy (non-hydrogen) atoms. The fraction of sp³-hybridized carbons (Fsp3) is 0.375. The van der Waals surface area contributed by atoms with Gasteiger partial charge >= 0.3 is 0 Å². The number of hydrogen-bond donors (Lipinski definition) is 2. The highest BCUT2D eigenvalue weighted by molar-refractivity contribution is 5.86. The molecule has 0 aliphatic rings. The lowest BCUT2D eigenvalue weighted by atomic mass is 10.0. The lowest BCUT2D eigenvalue weighted by Crippen LogP contribution is -2.39. The first kappa shape index (κ1) is 14.0. The van der Waals surface area contributed by atoms with Crippen LogP contribution in [0.5, 0.6) is 0 Å². The van der Waals surface area contributed by atoms with Crippen LogP contribution in [-0.2, 0) is 6.54 Å². The van der Waals surface area contributed by atoms with E-state index >= 15 is 0 Å². The molecule has 0 spiro atoms. The fourth-order valence-electron chi connectivity index (χ4n) is 2.31. The maximum Gasteiger partial charge on any atom is 0.131 e. The number of hydrogen-bond acceptors (Lipinski definition) is 2. The molecular formula is C16H21FN2. The fourth-order valence-corrected chi connectivity index (χ4v) is 2.31. The van der Waals surface area contributed by atoms with Crippen LogP contribution >= 0.6 is 0 Å². The van der Waals surface area contributed by atoms with E-state index in [9.17, 15) is 4.39 Å². The molecule has 0 heterocycles. The summed E-state index contributed by atoms with van der Waals surface area (Å²) in [4.78, 5) is 0. The Balaban J connectivity index is 2.24. The summed E-state index contributed by atoms with van der Waals surface area (Å²) in [6, 6.07) is 11.2. The summed E-state index contributed by atoms with van der Waals surface area (Å²) < 4.78 is 13.7. The number of rotatable bonds is 5. The molecular weight excluding hydrogens is 239 g/mol. The minimum atomic E-state index is -0.168. The summed E-state index contributed by atoms with van der Waals surface area (Å²) in [5, 5.41) is 5.09. The molecule has 3 N–H and O–H groups in total. The molecule has 0 aliphatic carbocycles. The Morgan fingerprint density at radius 3 is 2.42 bits per heavy atom. The third-order valence-corrected chi connectivity index (χ3v) is 3.57. The standard InChI is InChI=1S/C16H21FN2/c1-11(2)16(9-18)19-10-12-7-8-15(17)14-6-4-3-5-13(12)14/h3-8,11,16,19H,9-10,18H2,1-2H3. The second kappa shape index (κ2) is 6.13. The van der Waals surface area contributed by atoms with E-state index in [1.54, 1.807) is 0 Å². The van der Waals surface area contributed by atoms with E-state index in [-0.39, 0.29) is 11.9 Å². The third kappa shape index (κ3) is 3.11. The van der Waals surface area contributed by atoms with E-state index in [2.05, 4.69) is 19.2 Å². The van der Waals surface area contributed by atoms with Crippen LogP contribution in [0.15, 0.2) is 36.4 Å². The van der Waals surface area contributed by atoms with Crippen LogP contribution in [0.1, 0.15) is 19.4 Å². The summed E-state index contributed by atoms with van der Waals surface area (Å²) in [7, 11) is 0. The van der Waals surface area contributed by atoms with Crippen molar-refractivity contribution in [3.8, 4) is 0 Å². The van der Waals surface area contributed by atoms with Gasteiger partial charge in [0.25, 0.3) is 0 Å². The van der Waals surface area contributed by atoms with Crippen molar-refractivity contribution < 1.29 is 4.39 Å². The molecule has 0 bridgehead atoms. The molecule has 3 heteroatoms. The van der Waals surface area contributed by atoms with E-state index in [0.29, 0.717) is 24.4 Å². The minimum Gasteiger partial charge on any atom is -0.329 e. The molecule has 2 aromatic carbocycles. The van der Waals surface area contributed by atoms with Crippen LogP contribution in [0.25, 0.3) is 10.8 Å². The molecule has 0 fully saturated rings. The van der Waals surface area contributed by atoms with Crippen molar-refractivity contribution >= 4 is 10.8 Å². The predicted octanol–water partition coefficient (Wildman–Crippen LogP) is 3.05. The van der Waals surface area contributed by atoms with E-state index in [0.717, 1.165) is 10.9 Å². The third-order valence-electron chi connectivity index (χ3n) is 3.57. The van der Waals surface area contributed by atoms with Crippen molar-refractivity contribution in [2.75, 3.05) is 6.54 Å². The van der Waals surface area contributed by atoms with Gasteiger partial charge in [0.2, 0.25) is 0 Å². The van der Waals surface area contributed by atoms with Crippen molar-refractivity contribution in [3.05, 3.63) is 47.8 Å². The van der Waals surface area contributed by atoms with Crippen LogP contribution in [-0.4, -0.2) is 12.6 Å². The minimum absolute atomic E-state index is 0.168. The molecule has 2 nitrogen and oxygen atoms in total. The van der Waals surface area contributed by atoms with Crippen molar-refractivity contribution in [2.24, 2.45) is 11.7 Å². The summed E-state index contributed by atoms with van der Waals surface area (Å²) >= 11 is 0. The first-order valence-corrected chi connectivity index (χ1v) is 6.73. The molecule has 0 saturated heterocycles. The van der Waals surface area contributed by atoms with Crippen molar-refractivity contribution in [3.63, 3.8) is 0 Å². The van der Waals surface area contributed by atoms with E-state index in [1.807, 2.05) is 30.3 Å². The Hall–Kier alpha value is -1.45. The first-order valence-electron chi connectivity index (χ1n) is 6.73. The average molecular weight is 260 g/mol. The van der Waals surface area contributed by atoms with Crippen LogP contribution in [0.3, 0.4) is 0 Å². The number of halogens is 1. The van der Waals surface area contributed by atoms with Gasteiger partial charge < -0.3 is 11.1 Å². The van der Waals surface area contributed by atoms with Gasteiger partial charge in [-0.1, -0.05) is 44.2 Å². The Morgan fingerprint density at radius 1 is 1.11 bits per heavy atom. The molecule has 0 aromatic heterocycles. The Bertz CT molecular complexity index is 551. The van der Waals surface area contributed by atoms with Gasteiger partial charge in [-0.2, -0.15) is 0 Å². The summed E-state index contributed by atoms with van der Waals surface area (Å²) in [5.41, 5.74) is 6.86. The number of fused-ring (bicyclic) bond motifs is 1. The van der Waals surface area contributed by atoms with Crippen LogP contribution in [0, 0.1) is 11.7 Å². The van der Waals surface area contributed by atoms with Crippen LogP contribution in [0.2, 0.25) is 0 Å². The predicted molar refractivity (Wildman–Crippen MR) is 78.4 cm³/mol. The number of nitrogens with two attached hydrogens (primary N) is 1. The molecule has 0 amide bonds. The Labute approximate surface area is 113 Å². The second-order valence-electron chi connectivity index (χ2n) is 5.22. The van der Waals surface area contributed by atoms with Gasteiger partial charge in [0.15, 0.2) is 0 Å². The van der Waals surface area contributed by atoms with Crippen molar-refractivity contribution in [1.82, 2.24) is 5.32 Å². The van der Waals surface area contributed by atoms with Crippen LogP contribution in [0.4, 0.5) is 4.39 Å². The molecule has 0 radical (unpaired) electrons. The quantitative estimate of drug-likeness (QED) is 0.867. The molecule has 1 unspecified atom stereocenters.